The van der Waals surface area contributed by atoms with Gasteiger partial charge < -0.3 is 10.0 Å². The molecule has 1 fully saturated rings. The van der Waals surface area contributed by atoms with Crippen molar-refractivity contribution in [2.45, 2.75) is 32.6 Å². The van der Waals surface area contributed by atoms with E-state index in [9.17, 15) is 5.11 Å². The highest BCUT2D eigenvalue weighted by atomic mass is 16.3. The molecule has 0 atom stereocenters. The molecule has 1 N–H and O–H groups in total. The average molecular weight is 233 g/mol. The molecular weight excluding hydrogens is 210 g/mol. The zero-order chi connectivity index (χ0) is 12.3. The molecule has 0 amide bonds. The van der Waals surface area contributed by atoms with Crippen LogP contribution in [0, 0.1) is 5.41 Å². The molecule has 1 aromatic carbocycles. The second-order valence-electron chi connectivity index (χ2n) is 5.53. The Labute approximate surface area is 104 Å². The predicted octanol–water partition coefficient (Wildman–Crippen LogP) is 3.06. The Morgan fingerprint density at radius 3 is 2.35 bits per heavy atom. The first-order valence-corrected chi connectivity index (χ1v) is 6.60. The van der Waals surface area contributed by atoms with Crippen LogP contribution in [-0.2, 0) is 6.42 Å². The van der Waals surface area contributed by atoms with Crippen LogP contribution in [0.2, 0.25) is 0 Å². The van der Waals surface area contributed by atoms with E-state index >= 15 is 0 Å². The minimum Gasteiger partial charge on any atom is -0.508 e. The van der Waals surface area contributed by atoms with Gasteiger partial charge in [0.2, 0.25) is 0 Å². The molecule has 0 aromatic heterocycles. The van der Waals surface area contributed by atoms with E-state index in [1.54, 1.807) is 12.1 Å². The van der Waals surface area contributed by atoms with Crippen LogP contribution in [0.3, 0.4) is 0 Å². The minimum absolute atomic E-state index is 0.363. The van der Waals surface area contributed by atoms with E-state index in [0.29, 0.717) is 11.2 Å². The number of phenolic OH excluding ortho intramolecular Hbond substituents is 1. The molecule has 0 radical (unpaired) electrons. The highest BCUT2D eigenvalue weighted by Gasteiger charge is 2.37. The monoisotopic (exact) mass is 233 g/mol. The molecule has 2 rings (SSSR count). The van der Waals surface area contributed by atoms with E-state index in [4.69, 9.17) is 0 Å². The number of phenols is 1. The number of hydrogen-bond donors (Lipinski definition) is 1. The van der Waals surface area contributed by atoms with Gasteiger partial charge in [0, 0.05) is 6.54 Å². The summed E-state index contributed by atoms with van der Waals surface area (Å²) in [6, 6.07) is 7.71. The maximum atomic E-state index is 9.30. The van der Waals surface area contributed by atoms with Crippen molar-refractivity contribution in [1.82, 2.24) is 4.90 Å². The standard InChI is InChI=1S/C15H23NO/c1-3-16(2)12-15(9-4-10-15)11-13-5-7-14(17)8-6-13/h5-8,17H,3-4,9-12H2,1-2H3. The van der Waals surface area contributed by atoms with Crippen molar-refractivity contribution in [2.75, 3.05) is 20.1 Å². The van der Waals surface area contributed by atoms with Gasteiger partial charge in [-0.2, -0.15) is 0 Å². The summed E-state index contributed by atoms with van der Waals surface area (Å²) in [4.78, 5) is 2.42. The lowest BCUT2D eigenvalue weighted by Gasteiger charge is -2.44. The van der Waals surface area contributed by atoms with Crippen molar-refractivity contribution in [2.24, 2.45) is 5.41 Å². The number of rotatable bonds is 5. The summed E-state index contributed by atoms with van der Waals surface area (Å²) >= 11 is 0. The van der Waals surface area contributed by atoms with Crippen LogP contribution in [0.15, 0.2) is 24.3 Å². The van der Waals surface area contributed by atoms with Gasteiger partial charge in [-0.1, -0.05) is 25.5 Å². The van der Waals surface area contributed by atoms with Gasteiger partial charge in [0.1, 0.15) is 5.75 Å². The van der Waals surface area contributed by atoms with Crippen molar-refractivity contribution in [3.05, 3.63) is 29.8 Å². The van der Waals surface area contributed by atoms with Gasteiger partial charge in [-0.15, -0.1) is 0 Å². The Bertz CT molecular complexity index is 354. The topological polar surface area (TPSA) is 23.5 Å². The number of benzene rings is 1. The summed E-state index contributed by atoms with van der Waals surface area (Å²) in [6.07, 6.45) is 5.21. The highest BCUT2D eigenvalue weighted by molar-refractivity contribution is 5.27. The fraction of sp³-hybridized carbons (Fsp3) is 0.600. The lowest BCUT2D eigenvalue weighted by molar-refractivity contribution is 0.0810. The predicted molar refractivity (Wildman–Crippen MR) is 71.3 cm³/mol. The molecule has 2 nitrogen and oxygen atoms in total. The first-order chi connectivity index (χ1) is 8.13. The van der Waals surface area contributed by atoms with Crippen LogP contribution in [0.4, 0.5) is 0 Å². The first-order valence-electron chi connectivity index (χ1n) is 6.60. The fourth-order valence-corrected chi connectivity index (χ4v) is 2.80. The lowest BCUT2D eigenvalue weighted by Crippen LogP contribution is -2.42. The lowest BCUT2D eigenvalue weighted by atomic mass is 9.65. The Morgan fingerprint density at radius 2 is 1.88 bits per heavy atom. The molecule has 0 bridgehead atoms. The minimum atomic E-state index is 0.363. The van der Waals surface area contributed by atoms with Gasteiger partial charge >= 0.3 is 0 Å². The van der Waals surface area contributed by atoms with Gasteiger partial charge in [-0.3, -0.25) is 0 Å². The zero-order valence-corrected chi connectivity index (χ0v) is 10.9. The van der Waals surface area contributed by atoms with Gasteiger partial charge in [-0.05, 0) is 56.0 Å². The largest absolute Gasteiger partial charge is 0.508 e. The normalized spacial score (nSPS) is 18.1. The third-order valence-corrected chi connectivity index (χ3v) is 4.07. The molecule has 94 valence electrons. The fourth-order valence-electron chi connectivity index (χ4n) is 2.80. The molecule has 0 spiro atoms. The summed E-state index contributed by atoms with van der Waals surface area (Å²) in [5, 5.41) is 9.30. The number of aromatic hydroxyl groups is 1. The van der Waals surface area contributed by atoms with E-state index in [-0.39, 0.29) is 0 Å². The van der Waals surface area contributed by atoms with Gasteiger partial charge in [0.25, 0.3) is 0 Å². The van der Waals surface area contributed by atoms with Crippen LogP contribution in [0.1, 0.15) is 31.7 Å². The maximum Gasteiger partial charge on any atom is 0.115 e. The first kappa shape index (κ1) is 12.4. The summed E-state index contributed by atoms with van der Waals surface area (Å²) in [7, 11) is 2.21. The van der Waals surface area contributed by atoms with Crippen molar-refractivity contribution in [3.8, 4) is 5.75 Å². The third-order valence-electron chi connectivity index (χ3n) is 4.07. The molecule has 17 heavy (non-hydrogen) atoms. The second-order valence-corrected chi connectivity index (χ2v) is 5.53. The smallest absolute Gasteiger partial charge is 0.115 e. The third kappa shape index (κ3) is 3.01. The summed E-state index contributed by atoms with van der Waals surface area (Å²) in [5.74, 6) is 0.363. The van der Waals surface area contributed by atoms with Crippen LogP contribution < -0.4 is 0 Å². The van der Waals surface area contributed by atoms with Crippen molar-refractivity contribution < 1.29 is 5.11 Å². The SMILES string of the molecule is CCN(C)CC1(Cc2ccc(O)cc2)CCC1. The van der Waals surface area contributed by atoms with Crippen molar-refractivity contribution in [3.63, 3.8) is 0 Å². The van der Waals surface area contributed by atoms with E-state index in [0.717, 1.165) is 13.0 Å². The van der Waals surface area contributed by atoms with Crippen LogP contribution in [-0.4, -0.2) is 30.1 Å². The molecule has 0 unspecified atom stereocenters. The van der Waals surface area contributed by atoms with E-state index < -0.39 is 0 Å². The van der Waals surface area contributed by atoms with Crippen LogP contribution in [0.25, 0.3) is 0 Å². The Kier molecular flexibility index (Phi) is 3.72. The molecule has 0 saturated heterocycles. The Balaban J connectivity index is 2.01. The van der Waals surface area contributed by atoms with E-state index in [1.807, 2.05) is 0 Å². The second kappa shape index (κ2) is 5.09. The molecule has 0 aliphatic heterocycles. The summed E-state index contributed by atoms with van der Waals surface area (Å²) in [5.41, 5.74) is 1.84. The molecule has 0 heterocycles. The molecular formula is C15H23NO. The van der Waals surface area contributed by atoms with Crippen molar-refractivity contribution >= 4 is 0 Å². The number of hydrogen-bond acceptors (Lipinski definition) is 2. The van der Waals surface area contributed by atoms with Gasteiger partial charge in [0.05, 0.1) is 0 Å². The molecule has 1 saturated carbocycles. The quantitative estimate of drug-likeness (QED) is 0.845. The van der Waals surface area contributed by atoms with Crippen molar-refractivity contribution in [1.29, 1.82) is 0 Å². The Hall–Kier alpha value is -1.02. The van der Waals surface area contributed by atoms with Crippen LogP contribution in [0.5, 0.6) is 5.75 Å². The van der Waals surface area contributed by atoms with E-state index in [1.165, 1.54) is 31.4 Å². The van der Waals surface area contributed by atoms with Gasteiger partial charge in [0.15, 0.2) is 0 Å². The average Bonchev–Trinajstić information content (AvgIpc) is 2.29. The highest BCUT2D eigenvalue weighted by Crippen LogP contribution is 2.44. The molecule has 1 aliphatic carbocycles. The summed E-state index contributed by atoms with van der Waals surface area (Å²) in [6.45, 7) is 4.54. The molecule has 2 heteroatoms. The molecule has 1 aromatic rings. The van der Waals surface area contributed by atoms with Crippen LogP contribution >= 0.6 is 0 Å². The van der Waals surface area contributed by atoms with E-state index in [2.05, 4.69) is 31.0 Å². The van der Waals surface area contributed by atoms with Gasteiger partial charge in [-0.25, -0.2) is 0 Å². The zero-order valence-electron chi connectivity index (χ0n) is 10.9. The molecule has 1 aliphatic rings. The Morgan fingerprint density at radius 1 is 1.24 bits per heavy atom. The summed E-state index contributed by atoms with van der Waals surface area (Å²) < 4.78 is 0. The maximum absolute atomic E-state index is 9.30. The number of nitrogens with zero attached hydrogens (tertiary/aromatic N) is 1.